The van der Waals surface area contributed by atoms with Gasteiger partial charge in [-0.15, -0.1) is 12.4 Å². The molecule has 106 valence electrons. The first-order valence-electron chi connectivity index (χ1n) is 5.99. The second-order valence-corrected chi connectivity index (χ2v) is 4.99. The summed E-state index contributed by atoms with van der Waals surface area (Å²) in [5, 5.41) is 3.37. The van der Waals surface area contributed by atoms with Gasteiger partial charge in [-0.3, -0.25) is 4.79 Å². The number of methoxy groups -OCH3 is 1. The van der Waals surface area contributed by atoms with Crippen LogP contribution in [0.4, 0.5) is 0 Å². The quantitative estimate of drug-likeness (QED) is 0.877. The third-order valence-electron chi connectivity index (χ3n) is 3.13. The van der Waals surface area contributed by atoms with Crippen molar-refractivity contribution in [1.29, 1.82) is 0 Å². The summed E-state index contributed by atoms with van der Waals surface area (Å²) in [6, 6.07) is 4.99. The van der Waals surface area contributed by atoms with Crippen molar-refractivity contribution in [1.82, 2.24) is 5.32 Å². The molecule has 1 aromatic carbocycles. The van der Waals surface area contributed by atoms with E-state index in [2.05, 4.69) is 5.32 Å². The minimum atomic E-state index is -0.181. The third kappa shape index (κ3) is 4.27. The summed E-state index contributed by atoms with van der Waals surface area (Å²) in [7, 11) is 1.51. The Morgan fingerprint density at radius 2 is 2.26 bits per heavy atom. The van der Waals surface area contributed by atoms with Gasteiger partial charge >= 0.3 is 0 Å². The van der Waals surface area contributed by atoms with E-state index in [4.69, 9.17) is 22.1 Å². The number of rotatable bonds is 5. The van der Waals surface area contributed by atoms with Gasteiger partial charge in [0.25, 0.3) is 5.91 Å². The fraction of sp³-hybridized carbons (Fsp3) is 0.462. The highest BCUT2D eigenvalue weighted by molar-refractivity contribution is 6.30. The smallest absolute Gasteiger partial charge is 0.255 e. The molecule has 6 heteroatoms. The van der Waals surface area contributed by atoms with Crippen LogP contribution in [-0.4, -0.2) is 25.6 Å². The van der Waals surface area contributed by atoms with Crippen LogP contribution in [0, 0.1) is 5.92 Å². The van der Waals surface area contributed by atoms with Crippen molar-refractivity contribution in [3.8, 4) is 5.75 Å². The first-order valence-corrected chi connectivity index (χ1v) is 6.37. The molecule has 0 saturated heterocycles. The second-order valence-electron chi connectivity index (χ2n) is 4.56. The minimum Gasteiger partial charge on any atom is -0.496 e. The molecule has 0 aromatic heterocycles. The van der Waals surface area contributed by atoms with Gasteiger partial charge in [0.2, 0.25) is 0 Å². The van der Waals surface area contributed by atoms with Gasteiger partial charge in [0.05, 0.1) is 12.7 Å². The van der Waals surface area contributed by atoms with Crippen LogP contribution >= 0.6 is 24.0 Å². The second kappa shape index (κ2) is 6.98. The van der Waals surface area contributed by atoms with E-state index in [1.165, 1.54) is 20.0 Å². The summed E-state index contributed by atoms with van der Waals surface area (Å²) in [5.41, 5.74) is 6.41. The standard InChI is InChI=1S/C13H17ClN2O2.ClH/c1-18-12-6-9(14)4-5-10(12)13(17)16-7-11(15)8-2-3-8;/h4-6,8,11H,2-3,7,15H2,1H3,(H,16,17);1H. The van der Waals surface area contributed by atoms with E-state index in [1.54, 1.807) is 18.2 Å². The number of ether oxygens (including phenoxy) is 1. The zero-order valence-electron chi connectivity index (χ0n) is 10.7. The van der Waals surface area contributed by atoms with E-state index in [0.717, 1.165) is 0 Å². The maximum atomic E-state index is 12.0. The summed E-state index contributed by atoms with van der Waals surface area (Å²) < 4.78 is 5.14. The number of amides is 1. The largest absolute Gasteiger partial charge is 0.496 e. The molecule has 4 nitrogen and oxygen atoms in total. The van der Waals surface area contributed by atoms with Crippen molar-refractivity contribution >= 4 is 29.9 Å². The molecule has 0 heterocycles. The van der Waals surface area contributed by atoms with E-state index in [1.807, 2.05) is 0 Å². The van der Waals surface area contributed by atoms with Gasteiger partial charge in [0.15, 0.2) is 0 Å². The molecule has 0 bridgehead atoms. The number of nitrogens with one attached hydrogen (secondary N) is 1. The van der Waals surface area contributed by atoms with Crippen molar-refractivity contribution in [3.63, 3.8) is 0 Å². The fourth-order valence-corrected chi connectivity index (χ4v) is 2.01. The molecule has 1 saturated carbocycles. The lowest BCUT2D eigenvalue weighted by Gasteiger charge is -2.13. The van der Waals surface area contributed by atoms with Crippen LogP contribution in [0.1, 0.15) is 23.2 Å². The maximum Gasteiger partial charge on any atom is 0.255 e. The third-order valence-corrected chi connectivity index (χ3v) is 3.37. The first kappa shape index (κ1) is 16.1. The molecule has 19 heavy (non-hydrogen) atoms. The summed E-state index contributed by atoms with van der Waals surface area (Å²) in [4.78, 5) is 12.0. The van der Waals surface area contributed by atoms with Crippen molar-refractivity contribution in [2.75, 3.05) is 13.7 Å². The lowest BCUT2D eigenvalue weighted by molar-refractivity contribution is 0.0947. The summed E-state index contributed by atoms with van der Waals surface area (Å²) in [6.07, 6.45) is 2.34. The lowest BCUT2D eigenvalue weighted by Crippen LogP contribution is -2.38. The normalized spacial score (nSPS) is 15.3. The molecule has 3 N–H and O–H groups in total. The first-order chi connectivity index (χ1) is 8.61. The van der Waals surface area contributed by atoms with Crippen LogP contribution in [0.3, 0.4) is 0 Å². The molecule has 1 aliphatic carbocycles. The Labute approximate surface area is 124 Å². The summed E-state index contributed by atoms with van der Waals surface area (Å²) >= 11 is 5.85. The number of hydrogen-bond donors (Lipinski definition) is 2. The molecular weight excluding hydrogens is 287 g/mol. The van der Waals surface area contributed by atoms with Crippen LogP contribution in [0.25, 0.3) is 0 Å². The Morgan fingerprint density at radius 3 is 2.84 bits per heavy atom. The lowest BCUT2D eigenvalue weighted by atomic mass is 10.1. The van der Waals surface area contributed by atoms with Gasteiger partial charge in [0.1, 0.15) is 5.75 Å². The number of carbonyl (C=O) groups excluding carboxylic acids is 1. The van der Waals surface area contributed by atoms with E-state index in [-0.39, 0.29) is 24.4 Å². The Balaban J connectivity index is 0.00000180. The van der Waals surface area contributed by atoms with Crippen LogP contribution in [0.2, 0.25) is 5.02 Å². The van der Waals surface area contributed by atoms with Gasteiger partial charge in [-0.25, -0.2) is 0 Å². The molecular formula is C13H18Cl2N2O2. The average molecular weight is 305 g/mol. The molecule has 1 amide bonds. The molecule has 1 atom stereocenters. The van der Waals surface area contributed by atoms with Crippen LogP contribution in [0.15, 0.2) is 18.2 Å². The van der Waals surface area contributed by atoms with Gasteiger partial charge in [-0.2, -0.15) is 0 Å². The monoisotopic (exact) mass is 304 g/mol. The van der Waals surface area contributed by atoms with Crippen LogP contribution in [-0.2, 0) is 0 Å². The highest BCUT2D eigenvalue weighted by Gasteiger charge is 2.28. The van der Waals surface area contributed by atoms with Gasteiger partial charge < -0.3 is 15.8 Å². The average Bonchev–Trinajstić information content (AvgIpc) is 3.19. The summed E-state index contributed by atoms with van der Waals surface area (Å²) in [6.45, 7) is 0.495. The number of carbonyl (C=O) groups is 1. The predicted molar refractivity (Wildman–Crippen MR) is 78.3 cm³/mol. The Kier molecular flexibility index (Phi) is 5.91. The molecule has 0 spiro atoms. The topological polar surface area (TPSA) is 64.3 Å². The molecule has 0 aliphatic heterocycles. The van der Waals surface area contributed by atoms with Gasteiger partial charge in [0, 0.05) is 17.6 Å². The fourth-order valence-electron chi connectivity index (χ4n) is 1.85. The zero-order chi connectivity index (χ0) is 13.1. The highest BCUT2D eigenvalue weighted by Crippen LogP contribution is 2.31. The predicted octanol–water partition coefficient (Wildman–Crippen LogP) is 2.24. The van der Waals surface area contributed by atoms with Crippen LogP contribution in [0.5, 0.6) is 5.75 Å². The molecule has 1 aliphatic rings. The number of halogens is 2. The van der Waals surface area contributed by atoms with Crippen molar-refractivity contribution in [2.45, 2.75) is 18.9 Å². The van der Waals surface area contributed by atoms with Gasteiger partial charge in [-0.1, -0.05) is 11.6 Å². The zero-order valence-corrected chi connectivity index (χ0v) is 12.3. The molecule has 2 rings (SSSR count). The molecule has 1 aromatic rings. The number of hydrogen-bond acceptors (Lipinski definition) is 3. The SMILES string of the molecule is COc1cc(Cl)ccc1C(=O)NCC(N)C1CC1.Cl. The number of nitrogens with two attached hydrogens (primary N) is 1. The number of benzene rings is 1. The Morgan fingerprint density at radius 1 is 1.58 bits per heavy atom. The molecule has 1 unspecified atom stereocenters. The maximum absolute atomic E-state index is 12.0. The van der Waals surface area contributed by atoms with Crippen molar-refractivity contribution < 1.29 is 9.53 Å². The van der Waals surface area contributed by atoms with Crippen molar-refractivity contribution in [3.05, 3.63) is 28.8 Å². The molecule has 1 fully saturated rings. The van der Waals surface area contributed by atoms with Crippen molar-refractivity contribution in [2.24, 2.45) is 11.7 Å². The Bertz CT molecular complexity index is 450. The van der Waals surface area contributed by atoms with Crippen LogP contribution < -0.4 is 15.8 Å². The van der Waals surface area contributed by atoms with E-state index < -0.39 is 0 Å². The van der Waals surface area contributed by atoms with E-state index >= 15 is 0 Å². The van der Waals surface area contributed by atoms with E-state index in [0.29, 0.717) is 28.8 Å². The van der Waals surface area contributed by atoms with Gasteiger partial charge in [-0.05, 0) is 37.0 Å². The Hall–Kier alpha value is -0.970. The summed E-state index contributed by atoms with van der Waals surface area (Å²) in [5.74, 6) is 0.858. The highest BCUT2D eigenvalue weighted by atomic mass is 35.5. The minimum absolute atomic E-state index is 0. The molecule has 0 radical (unpaired) electrons. The van der Waals surface area contributed by atoms with E-state index in [9.17, 15) is 4.79 Å².